The first-order valence-corrected chi connectivity index (χ1v) is 5.82. The number of aromatic nitrogens is 1. The molecule has 3 N–H and O–H groups in total. The molecule has 0 spiro atoms. The summed E-state index contributed by atoms with van der Waals surface area (Å²) in [4.78, 5) is 36.8. The molecule has 6 nitrogen and oxygen atoms in total. The molecule has 0 unspecified atom stereocenters. The van der Waals surface area contributed by atoms with Gasteiger partial charge in [0.2, 0.25) is 5.56 Å². The molecular weight excluding hydrogens is 248 g/mol. The number of carbonyl (C=O) groups is 2. The molecule has 0 aliphatic heterocycles. The molecule has 19 heavy (non-hydrogen) atoms. The Morgan fingerprint density at radius 2 is 1.84 bits per heavy atom. The third-order valence-electron chi connectivity index (χ3n) is 3.56. The summed E-state index contributed by atoms with van der Waals surface area (Å²) < 4.78 is 0. The zero-order valence-electron chi connectivity index (χ0n) is 11.4. The fraction of sp³-hybridized carbons (Fsp3) is 0.462. The molecule has 0 atom stereocenters. The van der Waals surface area contributed by atoms with Crippen LogP contribution in [0, 0.1) is 5.41 Å². The number of carbonyl (C=O) groups excluding carboxylic acids is 1. The van der Waals surface area contributed by atoms with E-state index in [9.17, 15) is 19.5 Å². The quantitative estimate of drug-likeness (QED) is 0.756. The molecule has 1 aromatic heterocycles. The number of hydrogen-bond donors (Lipinski definition) is 3. The van der Waals surface area contributed by atoms with Crippen molar-refractivity contribution in [3.05, 3.63) is 34.2 Å². The fourth-order valence-electron chi connectivity index (χ4n) is 1.37. The molecule has 0 aliphatic rings. The van der Waals surface area contributed by atoms with Crippen molar-refractivity contribution in [1.29, 1.82) is 0 Å². The van der Waals surface area contributed by atoms with E-state index in [2.05, 4.69) is 10.3 Å². The monoisotopic (exact) mass is 266 g/mol. The van der Waals surface area contributed by atoms with Gasteiger partial charge in [0.1, 0.15) is 0 Å². The molecule has 0 radical (unpaired) electrons. The van der Waals surface area contributed by atoms with Crippen molar-refractivity contribution >= 4 is 11.9 Å². The van der Waals surface area contributed by atoms with Crippen LogP contribution in [-0.2, 0) is 4.79 Å². The van der Waals surface area contributed by atoms with Gasteiger partial charge in [-0.1, -0.05) is 0 Å². The van der Waals surface area contributed by atoms with Gasteiger partial charge in [-0.3, -0.25) is 14.4 Å². The Bertz CT molecular complexity index is 558. The van der Waals surface area contributed by atoms with Crippen molar-refractivity contribution in [3.63, 3.8) is 0 Å². The number of nitrogens with one attached hydrogen (secondary N) is 2. The Morgan fingerprint density at radius 1 is 1.26 bits per heavy atom. The summed E-state index contributed by atoms with van der Waals surface area (Å²) in [5.41, 5.74) is -2.32. The number of rotatable bonds is 4. The normalized spacial score (nSPS) is 12.0. The molecule has 6 heteroatoms. The first kappa shape index (κ1) is 14.9. The maximum atomic E-state index is 12.0. The lowest BCUT2D eigenvalue weighted by Gasteiger charge is -2.38. The van der Waals surface area contributed by atoms with E-state index in [-0.39, 0.29) is 11.1 Å². The number of carboxylic acids is 1. The highest BCUT2D eigenvalue weighted by molar-refractivity contribution is 5.95. The lowest BCUT2D eigenvalue weighted by molar-refractivity contribution is -0.150. The van der Waals surface area contributed by atoms with Gasteiger partial charge < -0.3 is 15.4 Å². The second kappa shape index (κ2) is 4.87. The molecule has 1 aromatic rings. The van der Waals surface area contributed by atoms with Gasteiger partial charge in [0.15, 0.2) is 0 Å². The van der Waals surface area contributed by atoms with Gasteiger partial charge in [-0.2, -0.15) is 0 Å². The van der Waals surface area contributed by atoms with Crippen LogP contribution in [0.5, 0.6) is 0 Å². The van der Waals surface area contributed by atoms with Crippen LogP contribution < -0.4 is 10.9 Å². The van der Waals surface area contributed by atoms with E-state index in [0.717, 1.165) is 0 Å². The number of pyridine rings is 1. The smallest absolute Gasteiger partial charge is 0.311 e. The van der Waals surface area contributed by atoms with Crippen LogP contribution in [0.25, 0.3) is 0 Å². The minimum atomic E-state index is -1.15. The molecule has 104 valence electrons. The predicted molar refractivity (Wildman–Crippen MR) is 70.0 cm³/mol. The molecular formula is C13H18N2O4. The van der Waals surface area contributed by atoms with Crippen LogP contribution in [0.2, 0.25) is 0 Å². The third-order valence-corrected chi connectivity index (χ3v) is 3.56. The molecule has 1 rings (SSSR count). The second-order valence-corrected chi connectivity index (χ2v) is 5.45. The molecule has 1 heterocycles. The standard InChI is InChI=1S/C13H18N2O4/c1-12(2,11(18)19)13(3,4)15-10(17)8-5-6-14-9(16)7-8/h5-7H,1-4H3,(H,14,16)(H,15,17)(H,18,19). The van der Waals surface area contributed by atoms with Crippen molar-refractivity contribution < 1.29 is 14.7 Å². The topological polar surface area (TPSA) is 99.3 Å². The zero-order valence-corrected chi connectivity index (χ0v) is 11.4. The fourth-order valence-corrected chi connectivity index (χ4v) is 1.37. The van der Waals surface area contributed by atoms with E-state index in [1.807, 2.05) is 0 Å². The van der Waals surface area contributed by atoms with E-state index < -0.39 is 22.8 Å². The molecule has 0 saturated heterocycles. The summed E-state index contributed by atoms with van der Waals surface area (Å²) in [5.74, 6) is -1.49. The van der Waals surface area contributed by atoms with Crippen molar-refractivity contribution in [2.24, 2.45) is 5.41 Å². The maximum absolute atomic E-state index is 12.0. The van der Waals surface area contributed by atoms with Crippen LogP contribution in [0.3, 0.4) is 0 Å². The Morgan fingerprint density at radius 3 is 2.32 bits per heavy atom. The number of hydrogen-bond acceptors (Lipinski definition) is 3. The first-order valence-electron chi connectivity index (χ1n) is 5.82. The molecule has 0 saturated carbocycles. The Balaban J connectivity index is 2.99. The van der Waals surface area contributed by atoms with E-state index >= 15 is 0 Å². The van der Waals surface area contributed by atoms with Gasteiger partial charge in [0, 0.05) is 17.8 Å². The van der Waals surface area contributed by atoms with Crippen molar-refractivity contribution in [1.82, 2.24) is 10.3 Å². The van der Waals surface area contributed by atoms with Crippen LogP contribution >= 0.6 is 0 Å². The van der Waals surface area contributed by atoms with Gasteiger partial charge in [0.25, 0.3) is 5.91 Å². The number of aromatic amines is 1. The van der Waals surface area contributed by atoms with E-state index in [1.165, 1.54) is 32.2 Å². The average Bonchev–Trinajstić information content (AvgIpc) is 2.27. The first-order chi connectivity index (χ1) is 8.58. The van der Waals surface area contributed by atoms with E-state index in [1.54, 1.807) is 13.8 Å². The lowest BCUT2D eigenvalue weighted by Crippen LogP contribution is -2.57. The van der Waals surface area contributed by atoms with Gasteiger partial charge >= 0.3 is 5.97 Å². The van der Waals surface area contributed by atoms with Crippen molar-refractivity contribution in [3.8, 4) is 0 Å². The summed E-state index contributed by atoms with van der Waals surface area (Å²) in [6.07, 6.45) is 1.37. The summed E-state index contributed by atoms with van der Waals surface area (Å²) >= 11 is 0. The van der Waals surface area contributed by atoms with Crippen LogP contribution in [-0.4, -0.2) is 27.5 Å². The number of aliphatic carboxylic acids is 1. The molecule has 0 bridgehead atoms. The second-order valence-electron chi connectivity index (χ2n) is 5.45. The Hall–Kier alpha value is -2.11. The minimum absolute atomic E-state index is 0.193. The van der Waals surface area contributed by atoms with E-state index in [4.69, 9.17) is 0 Å². The van der Waals surface area contributed by atoms with E-state index in [0.29, 0.717) is 0 Å². The SMILES string of the molecule is CC(C)(NC(=O)c1cc[nH]c(=O)c1)C(C)(C)C(=O)O. The summed E-state index contributed by atoms with van der Waals surface area (Å²) in [6, 6.07) is 2.62. The highest BCUT2D eigenvalue weighted by Gasteiger charge is 2.44. The van der Waals surface area contributed by atoms with Gasteiger partial charge in [-0.25, -0.2) is 0 Å². The average molecular weight is 266 g/mol. The molecule has 0 fully saturated rings. The molecule has 0 aromatic carbocycles. The van der Waals surface area contributed by atoms with Crippen LogP contribution in [0.4, 0.5) is 0 Å². The van der Waals surface area contributed by atoms with Crippen molar-refractivity contribution in [2.45, 2.75) is 33.2 Å². The summed E-state index contributed by atoms with van der Waals surface area (Å²) in [6.45, 7) is 6.33. The summed E-state index contributed by atoms with van der Waals surface area (Å²) in [5, 5.41) is 11.8. The highest BCUT2D eigenvalue weighted by Crippen LogP contribution is 2.30. The lowest BCUT2D eigenvalue weighted by atomic mass is 9.74. The maximum Gasteiger partial charge on any atom is 0.311 e. The largest absolute Gasteiger partial charge is 0.481 e. The molecule has 0 aliphatic carbocycles. The zero-order chi connectivity index (χ0) is 14.8. The number of amides is 1. The van der Waals surface area contributed by atoms with Gasteiger partial charge in [-0.05, 0) is 33.8 Å². The highest BCUT2D eigenvalue weighted by atomic mass is 16.4. The van der Waals surface area contributed by atoms with Gasteiger partial charge in [-0.15, -0.1) is 0 Å². The third kappa shape index (κ3) is 3.01. The van der Waals surface area contributed by atoms with Crippen LogP contribution in [0.15, 0.2) is 23.1 Å². The van der Waals surface area contributed by atoms with Crippen molar-refractivity contribution in [2.75, 3.05) is 0 Å². The molecule has 1 amide bonds. The summed E-state index contributed by atoms with van der Waals surface area (Å²) in [7, 11) is 0. The Labute approximate surface area is 110 Å². The number of H-pyrrole nitrogens is 1. The van der Waals surface area contributed by atoms with Gasteiger partial charge in [0.05, 0.1) is 11.0 Å². The number of carboxylic acid groups (broad SMARTS) is 1. The predicted octanol–water partition coefficient (Wildman–Crippen LogP) is 0.994. The Kier molecular flexibility index (Phi) is 3.83. The van der Waals surface area contributed by atoms with Crippen LogP contribution in [0.1, 0.15) is 38.1 Å². The minimum Gasteiger partial charge on any atom is -0.481 e.